The first-order valence-electron chi connectivity index (χ1n) is 8.58. The van der Waals surface area contributed by atoms with Crippen LogP contribution in [0.3, 0.4) is 0 Å². The number of para-hydroxylation sites is 1. The highest BCUT2D eigenvalue weighted by molar-refractivity contribution is 6.30. The number of benzene rings is 2. The van der Waals surface area contributed by atoms with E-state index in [2.05, 4.69) is 22.0 Å². The Morgan fingerprint density at radius 3 is 2.88 bits per heavy atom. The number of carbonyl (C=O) groups excluding carboxylic acids is 1. The molecular formula is C20H19ClN2O3. The number of methoxy groups -OCH3 is 1. The molecule has 1 fully saturated rings. The minimum Gasteiger partial charge on any atom is -0.465 e. The number of aromatic nitrogens is 1. The molecule has 0 radical (unpaired) electrons. The number of hydrogen-bond donors (Lipinski definition) is 0. The topological polar surface area (TPSA) is 55.6 Å². The van der Waals surface area contributed by atoms with Crippen LogP contribution in [0.2, 0.25) is 5.02 Å². The zero-order valence-electron chi connectivity index (χ0n) is 14.4. The molecule has 0 spiro atoms. The second kappa shape index (κ2) is 7.09. The summed E-state index contributed by atoms with van der Waals surface area (Å²) >= 11 is 5.95. The monoisotopic (exact) mass is 370 g/mol. The number of likely N-dealkylation sites (tertiary alicyclic amines) is 1. The Balaban J connectivity index is 1.51. The number of halogens is 1. The summed E-state index contributed by atoms with van der Waals surface area (Å²) in [5.74, 6) is 0.504. The second-order valence-corrected chi connectivity index (χ2v) is 6.98. The van der Waals surface area contributed by atoms with Crippen molar-refractivity contribution in [1.82, 2.24) is 9.88 Å². The van der Waals surface area contributed by atoms with Gasteiger partial charge >= 0.3 is 5.97 Å². The summed E-state index contributed by atoms with van der Waals surface area (Å²) in [4.78, 5) is 18.9. The number of nitrogens with zero attached hydrogens (tertiary/aromatic N) is 2. The van der Waals surface area contributed by atoms with E-state index in [1.807, 2.05) is 18.2 Å². The molecule has 1 aromatic heterocycles. The highest BCUT2D eigenvalue weighted by Gasteiger charge is 2.28. The summed E-state index contributed by atoms with van der Waals surface area (Å²) in [6, 6.07) is 13.3. The average molecular weight is 371 g/mol. The van der Waals surface area contributed by atoms with Gasteiger partial charge in [-0.1, -0.05) is 29.8 Å². The lowest BCUT2D eigenvalue weighted by Gasteiger charge is -2.15. The maximum Gasteiger partial charge on any atom is 0.341 e. The molecule has 1 aliphatic rings. The molecular weight excluding hydrogens is 352 g/mol. The first kappa shape index (κ1) is 17.1. The van der Waals surface area contributed by atoms with Gasteiger partial charge in [-0.25, -0.2) is 9.78 Å². The molecule has 1 saturated heterocycles. The predicted molar refractivity (Wildman–Crippen MR) is 99.4 cm³/mol. The fourth-order valence-corrected chi connectivity index (χ4v) is 3.56. The smallest absolute Gasteiger partial charge is 0.341 e. The van der Waals surface area contributed by atoms with Gasteiger partial charge in [-0.05, 0) is 42.8 Å². The molecule has 0 saturated carbocycles. The lowest BCUT2D eigenvalue weighted by Crippen LogP contribution is -2.19. The van der Waals surface area contributed by atoms with Gasteiger partial charge in [0.05, 0.1) is 7.11 Å². The van der Waals surface area contributed by atoms with Crippen molar-refractivity contribution in [2.24, 2.45) is 0 Å². The molecule has 0 amide bonds. The van der Waals surface area contributed by atoms with E-state index in [0.29, 0.717) is 22.6 Å². The van der Waals surface area contributed by atoms with Crippen LogP contribution in [0.4, 0.5) is 0 Å². The van der Waals surface area contributed by atoms with Gasteiger partial charge in [0.1, 0.15) is 11.1 Å². The quantitative estimate of drug-likeness (QED) is 0.642. The van der Waals surface area contributed by atoms with Crippen LogP contribution in [-0.2, 0) is 11.3 Å². The first-order valence-corrected chi connectivity index (χ1v) is 8.96. The number of esters is 1. The van der Waals surface area contributed by atoms with E-state index in [1.165, 1.54) is 12.7 Å². The summed E-state index contributed by atoms with van der Waals surface area (Å²) in [5.41, 5.74) is 2.85. The van der Waals surface area contributed by atoms with Crippen LogP contribution in [0, 0.1) is 0 Å². The van der Waals surface area contributed by atoms with Gasteiger partial charge in [0, 0.05) is 24.0 Å². The Morgan fingerprint density at radius 2 is 2.12 bits per heavy atom. The van der Waals surface area contributed by atoms with Crippen molar-refractivity contribution in [3.63, 3.8) is 0 Å². The van der Waals surface area contributed by atoms with E-state index in [1.54, 1.807) is 12.1 Å². The van der Waals surface area contributed by atoms with Gasteiger partial charge in [-0.15, -0.1) is 0 Å². The third-order valence-electron chi connectivity index (χ3n) is 4.78. The summed E-state index contributed by atoms with van der Waals surface area (Å²) in [6.07, 6.45) is 0.980. The van der Waals surface area contributed by atoms with Gasteiger partial charge in [0.15, 0.2) is 11.5 Å². The van der Waals surface area contributed by atoms with Crippen LogP contribution in [0.1, 0.15) is 34.2 Å². The van der Waals surface area contributed by atoms with E-state index in [4.69, 9.17) is 20.8 Å². The lowest BCUT2D eigenvalue weighted by molar-refractivity contribution is 0.0601. The third kappa shape index (κ3) is 3.32. The number of hydrogen-bond acceptors (Lipinski definition) is 5. The van der Waals surface area contributed by atoms with Crippen LogP contribution in [0.15, 0.2) is 46.9 Å². The summed E-state index contributed by atoms with van der Waals surface area (Å²) in [7, 11) is 1.37. The van der Waals surface area contributed by atoms with E-state index in [9.17, 15) is 4.79 Å². The minimum absolute atomic E-state index is 0.222. The van der Waals surface area contributed by atoms with Gasteiger partial charge in [0.2, 0.25) is 0 Å². The van der Waals surface area contributed by atoms with Crippen LogP contribution in [0.5, 0.6) is 0 Å². The molecule has 3 aromatic rings. The Morgan fingerprint density at radius 1 is 1.31 bits per heavy atom. The number of fused-ring (bicyclic) bond motifs is 1. The molecule has 2 heterocycles. The molecule has 1 atom stereocenters. The van der Waals surface area contributed by atoms with Crippen LogP contribution < -0.4 is 0 Å². The normalized spacial score (nSPS) is 17.7. The predicted octanol–water partition coefficient (Wildman–Crippen LogP) is 4.26. The standard InChI is InChI=1S/C20H19ClN2O3/c1-25-20(24)16-3-2-4-17-18(16)26-19(22-17)14-9-10-23(12-14)11-13-5-7-15(21)8-6-13/h2-8,14H,9-12H2,1H3. The van der Waals surface area contributed by atoms with Crippen molar-refractivity contribution < 1.29 is 13.9 Å². The highest BCUT2D eigenvalue weighted by Crippen LogP contribution is 2.31. The summed E-state index contributed by atoms with van der Waals surface area (Å²) in [6.45, 7) is 2.74. The minimum atomic E-state index is -0.408. The SMILES string of the molecule is COC(=O)c1cccc2nc(C3CCN(Cc4ccc(Cl)cc4)C3)oc12. The van der Waals surface area contributed by atoms with Gasteiger partial charge in [0.25, 0.3) is 0 Å². The maximum atomic E-state index is 11.9. The molecule has 1 aliphatic heterocycles. The molecule has 4 rings (SSSR count). The molecule has 0 bridgehead atoms. The van der Waals surface area contributed by atoms with Crippen molar-refractivity contribution in [3.05, 3.63) is 64.5 Å². The Bertz CT molecular complexity index is 936. The van der Waals surface area contributed by atoms with Gasteiger partial charge in [-0.2, -0.15) is 0 Å². The van der Waals surface area contributed by atoms with Crippen molar-refractivity contribution in [1.29, 1.82) is 0 Å². The van der Waals surface area contributed by atoms with E-state index >= 15 is 0 Å². The number of carbonyl (C=O) groups is 1. The summed E-state index contributed by atoms with van der Waals surface area (Å²) < 4.78 is 10.8. The van der Waals surface area contributed by atoms with Crippen molar-refractivity contribution in [2.75, 3.05) is 20.2 Å². The maximum absolute atomic E-state index is 11.9. The molecule has 26 heavy (non-hydrogen) atoms. The molecule has 0 N–H and O–H groups in total. The van der Waals surface area contributed by atoms with Gasteiger partial charge in [-0.3, -0.25) is 4.90 Å². The van der Waals surface area contributed by atoms with Crippen molar-refractivity contribution in [3.8, 4) is 0 Å². The summed E-state index contributed by atoms with van der Waals surface area (Å²) in [5, 5.41) is 0.751. The second-order valence-electron chi connectivity index (χ2n) is 6.54. The Kier molecular flexibility index (Phi) is 4.66. The zero-order chi connectivity index (χ0) is 18.1. The van der Waals surface area contributed by atoms with E-state index in [0.717, 1.165) is 31.1 Å². The lowest BCUT2D eigenvalue weighted by atomic mass is 10.1. The van der Waals surface area contributed by atoms with Crippen LogP contribution in [0.25, 0.3) is 11.1 Å². The van der Waals surface area contributed by atoms with Crippen molar-refractivity contribution >= 4 is 28.7 Å². The largest absolute Gasteiger partial charge is 0.465 e. The third-order valence-corrected chi connectivity index (χ3v) is 5.03. The molecule has 6 heteroatoms. The van der Waals surface area contributed by atoms with E-state index < -0.39 is 5.97 Å². The first-order chi connectivity index (χ1) is 12.6. The molecule has 1 unspecified atom stereocenters. The fraction of sp³-hybridized carbons (Fsp3) is 0.300. The Hall–Kier alpha value is -2.37. The average Bonchev–Trinajstić information content (AvgIpc) is 3.29. The zero-order valence-corrected chi connectivity index (χ0v) is 15.2. The fourth-order valence-electron chi connectivity index (χ4n) is 3.44. The van der Waals surface area contributed by atoms with E-state index in [-0.39, 0.29) is 5.92 Å². The number of ether oxygens (including phenoxy) is 1. The van der Waals surface area contributed by atoms with Gasteiger partial charge < -0.3 is 9.15 Å². The van der Waals surface area contributed by atoms with Crippen LogP contribution in [-0.4, -0.2) is 36.1 Å². The van der Waals surface area contributed by atoms with Crippen LogP contribution >= 0.6 is 11.6 Å². The number of oxazole rings is 1. The molecule has 5 nitrogen and oxygen atoms in total. The number of rotatable bonds is 4. The molecule has 0 aliphatic carbocycles. The van der Waals surface area contributed by atoms with Crippen molar-refractivity contribution in [2.45, 2.75) is 18.9 Å². The molecule has 134 valence electrons. The highest BCUT2D eigenvalue weighted by atomic mass is 35.5. The Labute approximate surface area is 156 Å². The molecule has 2 aromatic carbocycles.